The van der Waals surface area contributed by atoms with Gasteiger partial charge in [0.2, 0.25) is 0 Å². The molecule has 0 aromatic carbocycles. The van der Waals surface area contributed by atoms with Crippen molar-refractivity contribution in [1.82, 2.24) is 4.98 Å². The van der Waals surface area contributed by atoms with Crippen molar-refractivity contribution in [3.8, 4) is 0 Å². The smallest absolute Gasteiger partial charge is 0.0984 e. The van der Waals surface area contributed by atoms with E-state index in [1.54, 1.807) is 0 Å². The van der Waals surface area contributed by atoms with Crippen LogP contribution >= 0.6 is 11.3 Å². The molecule has 0 N–H and O–H groups in total. The molecule has 0 atom stereocenters. The van der Waals surface area contributed by atoms with Crippen LogP contribution in [0.15, 0.2) is 0 Å². The minimum Gasteiger partial charge on any atom is -0.246 e. The Hall–Kier alpha value is -0.370. The van der Waals surface area contributed by atoms with Gasteiger partial charge in [-0.25, -0.2) is 4.98 Å². The van der Waals surface area contributed by atoms with Crippen LogP contribution in [0.2, 0.25) is 0 Å². The SMILES string of the molecule is CCc1sc(C(C)(C)C)nc1C. The molecule has 1 rings (SSSR count). The summed E-state index contributed by atoms with van der Waals surface area (Å²) in [6.45, 7) is 10.9. The van der Waals surface area contributed by atoms with Crippen LogP contribution < -0.4 is 0 Å². The summed E-state index contributed by atoms with van der Waals surface area (Å²) < 4.78 is 0. The fourth-order valence-electron chi connectivity index (χ4n) is 1.08. The van der Waals surface area contributed by atoms with E-state index in [-0.39, 0.29) is 5.41 Å². The number of aryl methyl sites for hydroxylation is 2. The zero-order valence-corrected chi connectivity index (χ0v) is 9.38. The van der Waals surface area contributed by atoms with Gasteiger partial charge in [0.05, 0.1) is 10.7 Å². The first-order valence-electron chi connectivity index (χ1n) is 4.42. The van der Waals surface area contributed by atoms with E-state index in [0.29, 0.717) is 0 Å². The highest BCUT2D eigenvalue weighted by Gasteiger charge is 2.19. The molecular formula is C10H17NS. The topological polar surface area (TPSA) is 12.9 Å². The first kappa shape index (κ1) is 9.72. The van der Waals surface area contributed by atoms with Gasteiger partial charge in [0.25, 0.3) is 0 Å². The number of aromatic nitrogens is 1. The van der Waals surface area contributed by atoms with Crippen LogP contribution in [-0.4, -0.2) is 4.98 Å². The Morgan fingerprint density at radius 3 is 2.17 bits per heavy atom. The highest BCUT2D eigenvalue weighted by Crippen LogP contribution is 2.29. The summed E-state index contributed by atoms with van der Waals surface area (Å²) in [6.07, 6.45) is 1.11. The zero-order valence-electron chi connectivity index (χ0n) is 8.56. The van der Waals surface area contributed by atoms with Gasteiger partial charge in [0.15, 0.2) is 0 Å². The molecular weight excluding hydrogens is 166 g/mol. The zero-order chi connectivity index (χ0) is 9.35. The first-order chi connectivity index (χ1) is 5.45. The Morgan fingerprint density at radius 2 is 1.92 bits per heavy atom. The maximum atomic E-state index is 4.57. The fraction of sp³-hybridized carbons (Fsp3) is 0.700. The van der Waals surface area contributed by atoms with Gasteiger partial charge in [-0.15, -0.1) is 11.3 Å². The van der Waals surface area contributed by atoms with Crippen LogP contribution in [0.3, 0.4) is 0 Å². The lowest BCUT2D eigenvalue weighted by molar-refractivity contribution is 0.584. The van der Waals surface area contributed by atoms with Gasteiger partial charge >= 0.3 is 0 Å². The third-order valence-corrected chi connectivity index (χ3v) is 3.58. The number of thiazole rings is 1. The number of hydrogen-bond acceptors (Lipinski definition) is 2. The predicted octanol–water partition coefficient (Wildman–Crippen LogP) is 3.31. The molecule has 0 fully saturated rings. The second-order valence-corrected chi connectivity index (χ2v) is 5.21. The minimum absolute atomic E-state index is 0.211. The maximum Gasteiger partial charge on any atom is 0.0984 e. The normalized spacial score (nSPS) is 12.1. The largest absolute Gasteiger partial charge is 0.246 e. The molecule has 1 aromatic rings. The summed E-state index contributed by atoms with van der Waals surface area (Å²) in [5.41, 5.74) is 1.43. The van der Waals surface area contributed by atoms with Gasteiger partial charge in [-0.1, -0.05) is 27.7 Å². The molecule has 0 aliphatic carbocycles. The number of nitrogens with zero attached hydrogens (tertiary/aromatic N) is 1. The monoisotopic (exact) mass is 183 g/mol. The number of rotatable bonds is 1. The van der Waals surface area contributed by atoms with Crippen molar-refractivity contribution in [1.29, 1.82) is 0 Å². The summed E-state index contributed by atoms with van der Waals surface area (Å²) in [5, 5.41) is 1.26. The third kappa shape index (κ3) is 1.86. The first-order valence-corrected chi connectivity index (χ1v) is 5.23. The quantitative estimate of drug-likeness (QED) is 0.651. The van der Waals surface area contributed by atoms with E-state index in [1.165, 1.54) is 15.6 Å². The fourth-order valence-corrected chi connectivity index (χ4v) is 2.14. The van der Waals surface area contributed by atoms with Crippen LogP contribution in [0.5, 0.6) is 0 Å². The van der Waals surface area contributed by atoms with Crippen molar-refractivity contribution in [3.05, 3.63) is 15.6 Å². The van der Waals surface area contributed by atoms with Crippen LogP contribution in [0, 0.1) is 6.92 Å². The van der Waals surface area contributed by atoms with E-state index in [9.17, 15) is 0 Å². The highest BCUT2D eigenvalue weighted by atomic mass is 32.1. The van der Waals surface area contributed by atoms with Crippen molar-refractivity contribution in [2.45, 2.75) is 46.5 Å². The van der Waals surface area contributed by atoms with E-state index in [1.807, 2.05) is 11.3 Å². The molecule has 0 saturated carbocycles. The summed E-state index contributed by atoms with van der Waals surface area (Å²) >= 11 is 1.86. The lowest BCUT2D eigenvalue weighted by Gasteiger charge is -2.13. The molecule has 2 heteroatoms. The molecule has 1 nitrogen and oxygen atoms in total. The van der Waals surface area contributed by atoms with Crippen molar-refractivity contribution in [2.24, 2.45) is 0 Å². The Labute approximate surface area is 78.8 Å². The molecule has 1 aromatic heterocycles. The Balaban J connectivity index is 3.05. The summed E-state index contributed by atoms with van der Waals surface area (Å²) in [4.78, 5) is 6.00. The molecule has 0 saturated heterocycles. The predicted molar refractivity (Wildman–Crippen MR) is 54.9 cm³/mol. The van der Waals surface area contributed by atoms with Crippen LogP contribution in [0.4, 0.5) is 0 Å². The maximum absolute atomic E-state index is 4.57. The lowest BCUT2D eigenvalue weighted by Crippen LogP contribution is -2.10. The molecule has 0 aliphatic rings. The van der Waals surface area contributed by atoms with Crippen molar-refractivity contribution in [3.63, 3.8) is 0 Å². The molecule has 0 spiro atoms. The van der Waals surface area contributed by atoms with E-state index >= 15 is 0 Å². The van der Waals surface area contributed by atoms with E-state index < -0.39 is 0 Å². The Morgan fingerprint density at radius 1 is 1.33 bits per heavy atom. The molecule has 12 heavy (non-hydrogen) atoms. The molecule has 1 heterocycles. The van der Waals surface area contributed by atoms with Gasteiger partial charge in [0, 0.05) is 10.3 Å². The molecule has 0 bridgehead atoms. The minimum atomic E-state index is 0.211. The van der Waals surface area contributed by atoms with Gasteiger partial charge in [-0.2, -0.15) is 0 Å². The summed E-state index contributed by atoms with van der Waals surface area (Å²) in [7, 11) is 0. The van der Waals surface area contributed by atoms with E-state index in [0.717, 1.165) is 6.42 Å². The molecule has 68 valence electrons. The van der Waals surface area contributed by atoms with Crippen LogP contribution in [0.25, 0.3) is 0 Å². The lowest BCUT2D eigenvalue weighted by atomic mass is 9.98. The Bertz CT molecular complexity index is 268. The standard InChI is InChI=1S/C10H17NS/c1-6-8-7(2)11-9(12-8)10(3,4)5/h6H2,1-5H3. The van der Waals surface area contributed by atoms with Crippen molar-refractivity contribution in [2.75, 3.05) is 0 Å². The van der Waals surface area contributed by atoms with Gasteiger partial charge in [-0.3, -0.25) is 0 Å². The number of hydrogen-bond donors (Lipinski definition) is 0. The van der Waals surface area contributed by atoms with Crippen molar-refractivity contribution >= 4 is 11.3 Å². The second kappa shape index (κ2) is 3.17. The molecule has 0 unspecified atom stereocenters. The molecule has 0 amide bonds. The third-order valence-electron chi connectivity index (χ3n) is 1.86. The average Bonchev–Trinajstić information content (AvgIpc) is 2.29. The summed E-state index contributed by atoms with van der Waals surface area (Å²) in [5.74, 6) is 0. The molecule has 0 radical (unpaired) electrons. The van der Waals surface area contributed by atoms with Crippen molar-refractivity contribution < 1.29 is 0 Å². The van der Waals surface area contributed by atoms with Crippen LogP contribution in [-0.2, 0) is 11.8 Å². The highest BCUT2D eigenvalue weighted by molar-refractivity contribution is 7.11. The summed E-state index contributed by atoms with van der Waals surface area (Å²) in [6, 6.07) is 0. The van der Waals surface area contributed by atoms with Gasteiger partial charge in [-0.05, 0) is 13.3 Å². The van der Waals surface area contributed by atoms with Crippen LogP contribution in [0.1, 0.15) is 43.3 Å². The molecule has 0 aliphatic heterocycles. The average molecular weight is 183 g/mol. The van der Waals surface area contributed by atoms with E-state index in [4.69, 9.17) is 0 Å². The van der Waals surface area contributed by atoms with Gasteiger partial charge < -0.3 is 0 Å². The Kier molecular flexibility index (Phi) is 2.57. The van der Waals surface area contributed by atoms with Gasteiger partial charge in [0.1, 0.15) is 0 Å². The second-order valence-electron chi connectivity index (χ2n) is 4.13. The van der Waals surface area contributed by atoms with E-state index in [2.05, 4.69) is 39.6 Å².